The third-order valence-corrected chi connectivity index (χ3v) is 13.8. The molecule has 0 N–H and O–H groups in total. The lowest BCUT2D eigenvalue weighted by atomic mass is 9.67. The SMILES string of the molecule is C=C/C=C\C=C(/C)N(C/C=C\C)c1ccccc1.CC.CC1=Cc2ccc(/C=C/C3=C/C/C=C\C(c4cccc5c(-c6ccccc6)ccc(-c6ccccc6)c45)=C/C(C)/C=C\3)cc2C12CCCCC2. The second kappa shape index (κ2) is 25.4. The highest BCUT2D eigenvalue weighted by molar-refractivity contribution is 6.10. The summed E-state index contributed by atoms with van der Waals surface area (Å²) in [5.41, 5.74) is 17.3. The second-order valence-corrected chi connectivity index (χ2v) is 18.4. The first-order valence-electron chi connectivity index (χ1n) is 25.7. The summed E-state index contributed by atoms with van der Waals surface area (Å²) in [4.78, 5) is 2.27. The van der Waals surface area contributed by atoms with Gasteiger partial charge in [-0.25, -0.2) is 0 Å². The molecule has 0 heterocycles. The van der Waals surface area contributed by atoms with E-state index < -0.39 is 0 Å². The van der Waals surface area contributed by atoms with Crippen LogP contribution in [0.4, 0.5) is 5.69 Å². The van der Waals surface area contributed by atoms with Crippen LogP contribution in [0.15, 0.2) is 242 Å². The molecule has 0 amide bonds. The molecule has 1 saturated carbocycles. The predicted molar refractivity (Wildman–Crippen MR) is 310 cm³/mol. The van der Waals surface area contributed by atoms with E-state index in [4.69, 9.17) is 0 Å². The molecule has 1 fully saturated rings. The van der Waals surface area contributed by atoms with Crippen molar-refractivity contribution in [2.75, 3.05) is 11.4 Å². The highest BCUT2D eigenvalue weighted by Gasteiger charge is 2.40. The number of rotatable bonds is 11. The first-order valence-corrected chi connectivity index (χ1v) is 25.7. The fourth-order valence-electron chi connectivity index (χ4n) is 10.3. The van der Waals surface area contributed by atoms with Gasteiger partial charge in [0.1, 0.15) is 0 Å². The summed E-state index contributed by atoms with van der Waals surface area (Å²) >= 11 is 0. The van der Waals surface area contributed by atoms with E-state index in [0.29, 0.717) is 0 Å². The van der Waals surface area contributed by atoms with Crippen molar-refractivity contribution in [1.29, 1.82) is 0 Å². The summed E-state index contributed by atoms with van der Waals surface area (Å²) in [6.07, 6.45) is 40.7. The van der Waals surface area contributed by atoms with Crippen LogP contribution in [0.3, 0.4) is 0 Å². The molecule has 0 radical (unpaired) electrons. The fourth-order valence-corrected chi connectivity index (χ4v) is 10.3. The van der Waals surface area contributed by atoms with Gasteiger partial charge in [0.25, 0.3) is 0 Å². The van der Waals surface area contributed by atoms with Gasteiger partial charge in [0.2, 0.25) is 0 Å². The summed E-state index contributed by atoms with van der Waals surface area (Å²) in [6, 6.07) is 50.5. The van der Waals surface area contributed by atoms with E-state index in [1.54, 1.807) is 17.2 Å². The Kier molecular flexibility index (Phi) is 18.4. The van der Waals surface area contributed by atoms with Crippen LogP contribution in [0, 0.1) is 5.92 Å². The van der Waals surface area contributed by atoms with Crippen molar-refractivity contribution >= 4 is 34.2 Å². The quantitative estimate of drug-likeness (QED) is 0.0925. The number of nitrogens with zero attached hydrogens (tertiary/aromatic N) is 1. The first kappa shape index (κ1) is 50.7. The van der Waals surface area contributed by atoms with Crippen molar-refractivity contribution in [1.82, 2.24) is 0 Å². The van der Waals surface area contributed by atoms with Crippen LogP contribution in [0.5, 0.6) is 0 Å². The maximum atomic E-state index is 3.67. The number of anilines is 1. The third-order valence-electron chi connectivity index (χ3n) is 13.8. The van der Waals surface area contributed by atoms with E-state index in [-0.39, 0.29) is 11.3 Å². The van der Waals surface area contributed by atoms with Gasteiger partial charge < -0.3 is 4.90 Å². The molecule has 9 rings (SSSR count). The lowest BCUT2D eigenvalue weighted by molar-refractivity contribution is 0.345. The number of allylic oxidation sites excluding steroid dienone is 16. The Morgan fingerprint density at radius 1 is 0.729 bits per heavy atom. The average Bonchev–Trinajstić information content (AvgIpc) is 3.67. The minimum Gasteiger partial charge on any atom is -0.342 e. The zero-order valence-electron chi connectivity index (χ0n) is 42.6. The Morgan fingerprint density at radius 3 is 2.11 bits per heavy atom. The normalized spacial score (nSPS) is 18.9. The van der Waals surface area contributed by atoms with Crippen molar-refractivity contribution in [3.05, 3.63) is 264 Å². The predicted octanol–water partition coefficient (Wildman–Crippen LogP) is 19.7. The van der Waals surface area contributed by atoms with E-state index in [0.717, 1.165) is 13.0 Å². The van der Waals surface area contributed by atoms with Crippen molar-refractivity contribution in [3.8, 4) is 22.3 Å². The van der Waals surface area contributed by atoms with Gasteiger partial charge in [-0.1, -0.05) is 265 Å². The Bertz CT molecular complexity index is 2960. The monoisotopic (exact) mass is 916 g/mol. The molecule has 0 saturated heterocycles. The summed E-state index contributed by atoms with van der Waals surface area (Å²) < 4.78 is 0. The number of benzene rings is 6. The van der Waals surface area contributed by atoms with E-state index in [1.165, 1.54) is 104 Å². The Morgan fingerprint density at radius 2 is 1.41 bits per heavy atom. The van der Waals surface area contributed by atoms with E-state index >= 15 is 0 Å². The lowest BCUT2D eigenvalue weighted by Gasteiger charge is -2.36. The highest BCUT2D eigenvalue weighted by Crippen LogP contribution is 2.51. The van der Waals surface area contributed by atoms with Crippen molar-refractivity contribution in [3.63, 3.8) is 0 Å². The minimum absolute atomic E-state index is 0.262. The molecule has 0 aliphatic heterocycles. The molecule has 1 nitrogen and oxygen atoms in total. The Hall–Kier alpha value is -7.22. The van der Waals surface area contributed by atoms with Crippen molar-refractivity contribution in [2.45, 2.75) is 85.5 Å². The van der Waals surface area contributed by atoms with Gasteiger partial charge in [-0.2, -0.15) is 0 Å². The van der Waals surface area contributed by atoms with Crippen LogP contribution < -0.4 is 4.90 Å². The lowest BCUT2D eigenvalue weighted by Crippen LogP contribution is -2.28. The molecular weight excluding hydrogens is 843 g/mol. The molecule has 0 bridgehead atoms. The average molecular weight is 916 g/mol. The fraction of sp³-hybridized carbons (Fsp3) is 0.217. The van der Waals surface area contributed by atoms with Crippen LogP contribution in [0.25, 0.3) is 50.8 Å². The van der Waals surface area contributed by atoms with Gasteiger partial charge >= 0.3 is 0 Å². The Balaban J connectivity index is 0.000000305. The molecule has 6 aromatic rings. The van der Waals surface area contributed by atoms with Crippen LogP contribution in [-0.4, -0.2) is 6.54 Å². The maximum absolute atomic E-state index is 3.67. The minimum atomic E-state index is 0.262. The van der Waals surface area contributed by atoms with Crippen molar-refractivity contribution < 1.29 is 0 Å². The molecule has 354 valence electrons. The van der Waals surface area contributed by atoms with Gasteiger partial charge in [-0.15, -0.1) is 0 Å². The van der Waals surface area contributed by atoms with Crippen LogP contribution in [0.1, 0.15) is 102 Å². The molecule has 1 spiro atoms. The first-order chi connectivity index (χ1) is 34.4. The molecule has 0 aromatic heterocycles. The number of hydrogen-bond donors (Lipinski definition) is 0. The molecule has 70 heavy (non-hydrogen) atoms. The van der Waals surface area contributed by atoms with Crippen LogP contribution in [0.2, 0.25) is 0 Å². The Labute approximate surface area is 421 Å². The zero-order valence-corrected chi connectivity index (χ0v) is 42.6. The van der Waals surface area contributed by atoms with Crippen LogP contribution >= 0.6 is 0 Å². The smallest absolute Gasteiger partial charge is 0.0411 e. The van der Waals surface area contributed by atoms with Gasteiger partial charge in [-0.05, 0) is 131 Å². The molecular formula is C69H73N. The summed E-state index contributed by atoms with van der Waals surface area (Å²) in [5, 5.41) is 2.59. The number of hydrogen-bond acceptors (Lipinski definition) is 1. The van der Waals surface area contributed by atoms with Crippen LogP contribution in [-0.2, 0) is 5.41 Å². The molecule has 6 aromatic carbocycles. The maximum Gasteiger partial charge on any atom is 0.0411 e. The molecule has 1 unspecified atom stereocenters. The summed E-state index contributed by atoms with van der Waals surface area (Å²) in [6.45, 7) is 17.4. The highest BCUT2D eigenvalue weighted by atomic mass is 15.1. The topological polar surface area (TPSA) is 3.24 Å². The third kappa shape index (κ3) is 12.3. The second-order valence-electron chi connectivity index (χ2n) is 18.4. The zero-order chi connectivity index (χ0) is 49.1. The largest absolute Gasteiger partial charge is 0.342 e. The van der Waals surface area contributed by atoms with E-state index in [9.17, 15) is 0 Å². The van der Waals surface area contributed by atoms with E-state index in [1.807, 2.05) is 39.0 Å². The van der Waals surface area contributed by atoms with Gasteiger partial charge in [0.05, 0.1) is 0 Å². The van der Waals surface area contributed by atoms with E-state index in [2.05, 4.69) is 239 Å². The standard InChI is InChI=1S/C50H46.C17H21N.C2H6/c1-36-23-24-38(25-26-39-27-28-43-34-37(2)50(48(43)35-39)31-12-5-13-32-50)15-10-11-20-42(33-36)45-21-14-22-47-44(40-16-6-3-7-17-40)29-30-46(49(45)47)41-18-8-4-9-19-41;1-4-6-9-12-16(3)18(15-7-5-2)17-13-10-8-11-14-17;1-2/h3-4,6-9,11,14-30,33-36H,5,10,12-13,31-32H2,1-2H3;4-14H,1,15H2,2-3H3;1-2H3/b20-11-,24-23-,26-25+,38-15+,42-33+;7-5-,9-6-,16-12+;. The molecule has 1 heteroatoms. The summed E-state index contributed by atoms with van der Waals surface area (Å²) in [7, 11) is 0. The van der Waals surface area contributed by atoms with Gasteiger partial charge in [0, 0.05) is 23.3 Å². The molecule has 3 aliphatic carbocycles. The summed E-state index contributed by atoms with van der Waals surface area (Å²) in [5.74, 6) is 0.262. The molecule has 1 atom stereocenters. The van der Waals surface area contributed by atoms with Crippen molar-refractivity contribution in [2.24, 2.45) is 5.92 Å². The number of para-hydroxylation sites is 1. The van der Waals surface area contributed by atoms with Gasteiger partial charge in [-0.3, -0.25) is 0 Å². The number of fused-ring (bicyclic) bond motifs is 3. The molecule has 3 aliphatic rings. The van der Waals surface area contributed by atoms with Gasteiger partial charge in [0.15, 0.2) is 0 Å².